The minimum Gasteiger partial charge on any atom is -0.490 e. The molecule has 7 nitrogen and oxygen atoms in total. The molecule has 0 aliphatic heterocycles. The van der Waals surface area contributed by atoms with E-state index in [1.165, 1.54) is 30.6 Å². The van der Waals surface area contributed by atoms with Gasteiger partial charge in [-0.1, -0.05) is 11.6 Å². The Labute approximate surface area is 140 Å². The molecular weight excluding hydrogens is 346 g/mol. The van der Waals surface area contributed by atoms with Crippen molar-refractivity contribution in [2.24, 2.45) is 5.10 Å². The summed E-state index contributed by atoms with van der Waals surface area (Å²) < 4.78 is 34.3. The fourth-order valence-corrected chi connectivity index (χ4v) is 1.84. The Morgan fingerprint density at radius 1 is 1.46 bits per heavy atom. The Morgan fingerprint density at radius 3 is 2.96 bits per heavy atom. The minimum atomic E-state index is -2.95. The lowest BCUT2D eigenvalue weighted by molar-refractivity contribution is -0.0514. The summed E-state index contributed by atoms with van der Waals surface area (Å²) >= 11 is 5.78. The first kappa shape index (κ1) is 17.7. The van der Waals surface area contributed by atoms with Gasteiger partial charge in [-0.3, -0.25) is 10.2 Å². The van der Waals surface area contributed by atoms with Crippen LogP contribution in [0.4, 0.5) is 14.5 Å². The summed E-state index contributed by atoms with van der Waals surface area (Å²) in [6.45, 7) is -0.945. The Bertz CT molecular complexity index is 783. The maximum absolute atomic E-state index is 12.3. The maximum atomic E-state index is 12.3. The average molecular weight is 359 g/mol. The van der Waals surface area contributed by atoms with Crippen LogP contribution < -0.4 is 20.5 Å². The zero-order valence-corrected chi connectivity index (χ0v) is 13.2. The van der Waals surface area contributed by atoms with Crippen molar-refractivity contribution in [2.75, 3.05) is 12.0 Å². The summed E-state index contributed by atoms with van der Waals surface area (Å²) in [7, 11) is 0. The molecule has 1 aromatic carbocycles. The number of hydrogen-bond donors (Lipinski definition) is 2. The zero-order valence-electron chi connectivity index (χ0n) is 12.4. The van der Waals surface area contributed by atoms with Crippen molar-refractivity contribution in [1.82, 2.24) is 10.2 Å². The van der Waals surface area contributed by atoms with Crippen molar-refractivity contribution in [1.29, 1.82) is 0 Å². The van der Waals surface area contributed by atoms with Gasteiger partial charge in [-0.15, -0.1) is 0 Å². The van der Waals surface area contributed by atoms with Gasteiger partial charge in [-0.05, 0) is 30.7 Å². The van der Waals surface area contributed by atoms with E-state index in [2.05, 4.69) is 25.5 Å². The molecule has 0 spiro atoms. The van der Waals surface area contributed by atoms with Crippen molar-refractivity contribution in [2.45, 2.75) is 13.5 Å². The highest BCUT2D eigenvalue weighted by Gasteiger charge is 2.11. The van der Waals surface area contributed by atoms with Crippen molar-refractivity contribution >= 4 is 23.5 Å². The van der Waals surface area contributed by atoms with Crippen LogP contribution in [0.1, 0.15) is 12.5 Å². The molecule has 10 heteroatoms. The molecular formula is C14H13ClF2N4O3. The second-order valence-electron chi connectivity index (χ2n) is 4.31. The number of halogens is 3. The smallest absolute Gasteiger partial charge is 0.387 e. The summed E-state index contributed by atoms with van der Waals surface area (Å²) in [5, 5.41) is 9.58. The van der Waals surface area contributed by atoms with Gasteiger partial charge in [-0.25, -0.2) is 5.10 Å². The van der Waals surface area contributed by atoms with E-state index in [4.69, 9.17) is 16.3 Å². The van der Waals surface area contributed by atoms with Gasteiger partial charge in [0.05, 0.1) is 19.0 Å². The van der Waals surface area contributed by atoms with Crippen LogP contribution >= 0.6 is 11.6 Å². The first-order valence-corrected chi connectivity index (χ1v) is 7.13. The van der Waals surface area contributed by atoms with Crippen LogP contribution in [-0.2, 0) is 0 Å². The van der Waals surface area contributed by atoms with Crippen LogP contribution in [0.5, 0.6) is 11.5 Å². The van der Waals surface area contributed by atoms with E-state index in [1.807, 2.05) is 0 Å². The molecule has 1 aromatic heterocycles. The van der Waals surface area contributed by atoms with Gasteiger partial charge in [-0.2, -0.15) is 19.0 Å². The molecule has 1 heterocycles. The van der Waals surface area contributed by atoms with E-state index in [0.717, 1.165) is 0 Å². The fourth-order valence-electron chi connectivity index (χ4n) is 1.70. The SMILES string of the molecule is CCOc1cc(/C=N\Nc2cn[nH]c(=O)c2Cl)ccc1OC(F)F. The van der Waals surface area contributed by atoms with Gasteiger partial charge in [0, 0.05) is 0 Å². The van der Waals surface area contributed by atoms with E-state index in [-0.39, 0.29) is 28.8 Å². The summed E-state index contributed by atoms with van der Waals surface area (Å²) in [4.78, 5) is 11.3. The number of ether oxygens (including phenoxy) is 2. The van der Waals surface area contributed by atoms with Crippen molar-refractivity contribution in [3.05, 3.63) is 45.3 Å². The third-order valence-electron chi connectivity index (χ3n) is 2.68. The molecule has 0 atom stereocenters. The number of hydrogen-bond acceptors (Lipinski definition) is 6. The summed E-state index contributed by atoms with van der Waals surface area (Å²) in [6.07, 6.45) is 2.69. The van der Waals surface area contributed by atoms with Crippen LogP contribution in [0.25, 0.3) is 0 Å². The van der Waals surface area contributed by atoms with Crippen LogP contribution in [0, 0.1) is 0 Å². The van der Waals surface area contributed by atoms with E-state index >= 15 is 0 Å². The lowest BCUT2D eigenvalue weighted by atomic mass is 10.2. The van der Waals surface area contributed by atoms with Gasteiger partial charge in [0.1, 0.15) is 10.7 Å². The van der Waals surface area contributed by atoms with Gasteiger partial charge in [0.2, 0.25) is 0 Å². The minimum absolute atomic E-state index is 0.0706. The van der Waals surface area contributed by atoms with E-state index < -0.39 is 12.2 Å². The first-order valence-electron chi connectivity index (χ1n) is 6.75. The van der Waals surface area contributed by atoms with Gasteiger partial charge in [0.25, 0.3) is 5.56 Å². The molecule has 0 bridgehead atoms. The van der Waals surface area contributed by atoms with Crippen LogP contribution in [0.3, 0.4) is 0 Å². The third kappa shape index (κ3) is 4.66. The quantitative estimate of drug-likeness (QED) is 0.587. The van der Waals surface area contributed by atoms with Crippen molar-refractivity contribution < 1.29 is 18.3 Å². The number of rotatable bonds is 7. The Kier molecular flexibility index (Phi) is 6.07. The number of anilines is 1. The van der Waals surface area contributed by atoms with Crippen molar-refractivity contribution in [3.8, 4) is 11.5 Å². The molecule has 2 rings (SSSR count). The van der Waals surface area contributed by atoms with E-state index in [9.17, 15) is 13.6 Å². The molecule has 0 saturated heterocycles. The van der Waals surface area contributed by atoms with E-state index in [0.29, 0.717) is 5.56 Å². The molecule has 0 unspecified atom stereocenters. The second kappa shape index (κ2) is 8.25. The number of aromatic nitrogens is 2. The van der Waals surface area contributed by atoms with E-state index in [1.54, 1.807) is 6.92 Å². The molecule has 0 aliphatic rings. The molecule has 0 aliphatic carbocycles. The fraction of sp³-hybridized carbons (Fsp3) is 0.214. The van der Waals surface area contributed by atoms with Gasteiger partial charge < -0.3 is 9.47 Å². The summed E-state index contributed by atoms with van der Waals surface area (Å²) in [5.41, 5.74) is 2.79. The lowest BCUT2D eigenvalue weighted by Gasteiger charge is -2.11. The number of nitrogens with zero attached hydrogens (tertiary/aromatic N) is 2. The molecule has 0 amide bonds. The monoisotopic (exact) mass is 358 g/mol. The topological polar surface area (TPSA) is 88.6 Å². The molecule has 0 saturated carbocycles. The molecule has 128 valence electrons. The standard InChI is InChI=1S/C14H13ClF2N4O3/c1-2-23-11-5-8(3-4-10(11)24-14(16)17)6-18-20-9-7-19-21-13(22)12(9)15/h3-7,14H,2H2,1H3,(H2,20,21,22)/b18-6-. The molecule has 0 fully saturated rings. The van der Waals surface area contributed by atoms with Crippen LogP contribution in [0.2, 0.25) is 5.02 Å². The normalized spacial score (nSPS) is 11.0. The molecule has 2 aromatic rings. The van der Waals surface area contributed by atoms with Crippen LogP contribution in [0.15, 0.2) is 34.3 Å². The first-order chi connectivity index (χ1) is 11.5. The van der Waals surface area contributed by atoms with Crippen molar-refractivity contribution in [3.63, 3.8) is 0 Å². The predicted molar refractivity (Wildman–Crippen MR) is 85.3 cm³/mol. The Morgan fingerprint density at radius 2 is 2.25 bits per heavy atom. The predicted octanol–water partition coefficient (Wildman–Crippen LogP) is 2.87. The highest BCUT2D eigenvalue weighted by atomic mass is 35.5. The number of hydrazone groups is 1. The zero-order chi connectivity index (χ0) is 17.5. The number of nitrogens with one attached hydrogen (secondary N) is 2. The third-order valence-corrected chi connectivity index (χ3v) is 3.05. The van der Waals surface area contributed by atoms with Crippen LogP contribution in [-0.4, -0.2) is 29.6 Å². The van der Waals surface area contributed by atoms with Gasteiger partial charge >= 0.3 is 6.61 Å². The second-order valence-corrected chi connectivity index (χ2v) is 4.69. The highest BCUT2D eigenvalue weighted by Crippen LogP contribution is 2.29. The lowest BCUT2D eigenvalue weighted by Crippen LogP contribution is -2.10. The summed E-state index contributed by atoms with van der Waals surface area (Å²) in [6, 6.07) is 4.35. The largest absolute Gasteiger partial charge is 0.490 e. The molecule has 0 radical (unpaired) electrons. The Hall–Kier alpha value is -2.68. The summed E-state index contributed by atoms with van der Waals surface area (Å²) in [5.74, 6) is 0.0939. The Balaban J connectivity index is 2.15. The molecule has 24 heavy (non-hydrogen) atoms. The number of alkyl halides is 2. The highest BCUT2D eigenvalue weighted by molar-refractivity contribution is 6.32. The molecule has 2 N–H and O–H groups in total. The van der Waals surface area contributed by atoms with Gasteiger partial charge in [0.15, 0.2) is 11.5 Å². The average Bonchev–Trinajstić information content (AvgIpc) is 2.53. The number of benzene rings is 1. The maximum Gasteiger partial charge on any atom is 0.387 e. The number of aromatic amines is 1. The number of H-pyrrole nitrogens is 1.